The molecule has 0 bridgehead atoms. The summed E-state index contributed by atoms with van der Waals surface area (Å²) in [5, 5.41) is 12.9. The van der Waals surface area contributed by atoms with Crippen LogP contribution < -0.4 is 5.73 Å². The molecular formula is C11H9N5O. The van der Waals surface area contributed by atoms with Gasteiger partial charge in [-0.3, -0.25) is 9.78 Å². The highest BCUT2D eigenvalue weighted by atomic mass is 16.1. The summed E-state index contributed by atoms with van der Waals surface area (Å²) in [6.45, 7) is 0.330. The molecule has 0 unspecified atom stereocenters. The number of rotatable bonds is 3. The number of primary amides is 1. The largest absolute Gasteiger partial charge is 0.365 e. The van der Waals surface area contributed by atoms with E-state index in [1.165, 1.54) is 10.9 Å². The fraction of sp³-hybridized carbons (Fsp3) is 0.0909. The third-order valence-corrected chi connectivity index (χ3v) is 2.25. The first-order chi connectivity index (χ1) is 8.22. The second-order valence-corrected chi connectivity index (χ2v) is 3.36. The molecule has 1 amide bonds. The Morgan fingerprint density at radius 1 is 1.53 bits per heavy atom. The van der Waals surface area contributed by atoms with Crippen molar-refractivity contribution in [3.63, 3.8) is 0 Å². The fourth-order valence-electron chi connectivity index (χ4n) is 1.45. The second kappa shape index (κ2) is 4.45. The minimum atomic E-state index is -0.658. The van der Waals surface area contributed by atoms with Gasteiger partial charge in [0.25, 0.3) is 5.91 Å². The van der Waals surface area contributed by atoms with Crippen molar-refractivity contribution in [1.29, 1.82) is 5.26 Å². The first-order valence-electron chi connectivity index (χ1n) is 4.88. The van der Waals surface area contributed by atoms with Gasteiger partial charge in [0, 0.05) is 6.20 Å². The van der Waals surface area contributed by atoms with Crippen molar-refractivity contribution in [3.05, 3.63) is 47.5 Å². The molecule has 6 nitrogen and oxygen atoms in total. The van der Waals surface area contributed by atoms with Crippen LogP contribution >= 0.6 is 0 Å². The minimum absolute atomic E-state index is 0.128. The first kappa shape index (κ1) is 10.8. The van der Waals surface area contributed by atoms with Gasteiger partial charge in [-0.15, -0.1) is 0 Å². The molecule has 2 aromatic heterocycles. The SMILES string of the molecule is N#Cc1c(C(N)=O)cnn1Cc1ccccn1. The quantitative estimate of drug-likeness (QED) is 0.815. The molecule has 2 aromatic rings. The summed E-state index contributed by atoms with van der Waals surface area (Å²) in [5.74, 6) is -0.658. The van der Waals surface area contributed by atoms with Crippen molar-refractivity contribution in [2.45, 2.75) is 6.54 Å². The fourth-order valence-corrected chi connectivity index (χ4v) is 1.45. The summed E-state index contributed by atoms with van der Waals surface area (Å²) < 4.78 is 1.41. The number of nitriles is 1. The summed E-state index contributed by atoms with van der Waals surface area (Å²) in [5.41, 5.74) is 6.17. The van der Waals surface area contributed by atoms with Crippen molar-refractivity contribution in [3.8, 4) is 6.07 Å². The number of carbonyl (C=O) groups excluding carboxylic acids is 1. The number of aromatic nitrogens is 3. The van der Waals surface area contributed by atoms with Gasteiger partial charge in [-0.2, -0.15) is 10.4 Å². The molecule has 0 fully saturated rings. The van der Waals surface area contributed by atoms with E-state index < -0.39 is 5.91 Å². The predicted molar refractivity (Wildman–Crippen MR) is 58.8 cm³/mol. The van der Waals surface area contributed by atoms with Crippen molar-refractivity contribution in [1.82, 2.24) is 14.8 Å². The number of nitrogens with two attached hydrogens (primary N) is 1. The van der Waals surface area contributed by atoms with Crippen molar-refractivity contribution in [2.75, 3.05) is 0 Å². The summed E-state index contributed by atoms with van der Waals surface area (Å²) in [4.78, 5) is 15.2. The third kappa shape index (κ3) is 2.13. The molecule has 0 atom stereocenters. The number of nitrogens with zero attached hydrogens (tertiary/aromatic N) is 4. The number of hydrogen-bond acceptors (Lipinski definition) is 4. The van der Waals surface area contributed by atoms with E-state index in [-0.39, 0.29) is 11.3 Å². The summed E-state index contributed by atoms with van der Waals surface area (Å²) in [6.07, 6.45) is 2.95. The normalized spacial score (nSPS) is 9.82. The predicted octanol–water partition coefficient (Wildman–Crippen LogP) is 0.297. The highest BCUT2D eigenvalue weighted by molar-refractivity contribution is 5.94. The average Bonchev–Trinajstić information content (AvgIpc) is 2.73. The molecule has 6 heteroatoms. The highest BCUT2D eigenvalue weighted by Crippen LogP contribution is 2.08. The third-order valence-electron chi connectivity index (χ3n) is 2.25. The monoisotopic (exact) mass is 227 g/mol. The number of hydrogen-bond donors (Lipinski definition) is 1. The van der Waals surface area contributed by atoms with Crippen LogP contribution in [0.3, 0.4) is 0 Å². The Labute approximate surface area is 97.3 Å². The molecule has 0 radical (unpaired) electrons. The van der Waals surface area contributed by atoms with Gasteiger partial charge in [0.15, 0.2) is 5.69 Å². The van der Waals surface area contributed by atoms with Crippen LogP contribution in [0.25, 0.3) is 0 Å². The van der Waals surface area contributed by atoms with E-state index in [1.54, 1.807) is 12.3 Å². The lowest BCUT2D eigenvalue weighted by Gasteiger charge is -2.02. The van der Waals surface area contributed by atoms with Crippen LogP contribution in [0.2, 0.25) is 0 Å². The molecule has 0 aliphatic carbocycles. The summed E-state index contributed by atoms with van der Waals surface area (Å²) in [7, 11) is 0. The molecule has 2 heterocycles. The Hall–Kier alpha value is -2.68. The van der Waals surface area contributed by atoms with Gasteiger partial charge < -0.3 is 5.73 Å². The van der Waals surface area contributed by atoms with E-state index in [1.807, 2.05) is 18.2 Å². The van der Waals surface area contributed by atoms with Gasteiger partial charge in [-0.1, -0.05) is 6.07 Å². The zero-order chi connectivity index (χ0) is 12.3. The summed E-state index contributed by atoms with van der Waals surface area (Å²) in [6, 6.07) is 7.37. The number of pyridine rings is 1. The topological polar surface area (TPSA) is 97.6 Å². The first-order valence-corrected chi connectivity index (χ1v) is 4.88. The Morgan fingerprint density at radius 3 is 2.94 bits per heavy atom. The van der Waals surface area contributed by atoms with Crippen LogP contribution in [0, 0.1) is 11.3 Å². The van der Waals surface area contributed by atoms with E-state index in [0.29, 0.717) is 6.54 Å². The van der Waals surface area contributed by atoms with Crippen molar-refractivity contribution >= 4 is 5.91 Å². The molecule has 2 N–H and O–H groups in total. The van der Waals surface area contributed by atoms with Gasteiger partial charge in [-0.25, -0.2) is 4.68 Å². The molecular weight excluding hydrogens is 218 g/mol. The molecule has 0 aliphatic heterocycles. The standard InChI is InChI=1S/C11H9N5O/c12-5-10-9(11(13)17)6-15-16(10)7-8-3-1-2-4-14-8/h1-4,6H,7H2,(H2,13,17). The maximum Gasteiger partial charge on any atom is 0.253 e. The maximum atomic E-state index is 11.0. The maximum absolute atomic E-state index is 11.0. The Morgan fingerprint density at radius 2 is 2.35 bits per heavy atom. The van der Waals surface area contributed by atoms with Crippen LogP contribution in [0.1, 0.15) is 21.7 Å². The van der Waals surface area contributed by atoms with Crippen LogP contribution in [-0.2, 0) is 6.54 Å². The zero-order valence-corrected chi connectivity index (χ0v) is 8.87. The van der Waals surface area contributed by atoms with Gasteiger partial charge in [0.1, 0.15) is 6.07 Å². The van der Waals surface area contributed by atoms with Crippen LogP contribution in [0.4, 0.5) is 0 Å². The highest BCUT2D eigenvalue weighted by Gasteiger charge is 2.14. The molecule has 2 rings (SSSR count). The Kier molecular flexibility index (Phi) is 2.83. The van der Waals surface area contributed by atoms with Crippen molar-refractivity contribution in [2.24, 2.45) is 5.73 Å². The molecule has 0 saturated carbocycles. The van der Waals surface area contributed by atoms with Gasteiger partial charge in [-0.05, 0) is 12.1 Å². The van der Waals surface area contributed by atoms with Crippen LogP contribution in [-0.4, -0.2) is 20.7 Å². The van der Waals surface area contributed by atoms with E-state index >= 15 is 0 Å². The van der Waals surface area contributed by atoms with Crippen molar-refractivity contribution < 1.29 is 4.79 Å². The van der Waals surface area contributed by atoms with Crippen LogP contribution in [0.15, 0.2) is 30.6 Å². The lowest BCUT2D eigenvalue weighted by molar-refractivity contribution is 0.1000. The average molecular weight is 227 g/mol. The molecule has 17 heavy (non-hydrogen) atoms. The second-order valence-electron chi connectivity index (χ2n) is 3.36. The van der Waals surface area contributed by atoms with E-state index in [9.17, 15) is 4.79 Å². The van der Waals surface area contributed by atoms with E-state index in [0.717, 1.165) is 5.69 Å². The molecule has 84 valence electrons. The number of amides is 1. The van der Waals surface area contributed by atoms with E-state index in [2.05, 4.69) is 10.1 Å². The Bertz CT molecular complexity index is 582. The molecule has 0 aliphatic rings. The minimum Gasteiger partial charge on any atom is -0.365 e. The van der Waals surface area contributed by atoms with Gasteiger partial charge in [0.05, 0.1) is 24.0 Å². The Balaban J connectivity index is 2.35. The number of carbonyl (C=O) groups is 1. The zero-order valence-electron chi connectivity index (χ0n) is 8.87. The van der Waals surface area contributed by atoms with E-state index in [4.69, 9.17) is 11.0 Å². The smallest absolute Gasteiger partial charge is 0.253 e. The molecule has 0 saturated heterocycles. The van der Waals surface area contributed by atoms with Crippen LogP contribution in [0.5, 0.6) is 0 Å². The molecule has 0 spiro atoms. The van der Waals surface area contributed by atoms with Gasteiger partial charge >= 0.3 is 0 Å². The molecule has 0 aromatic carbocycles. The lowest BCUT2D eigenvalue weighted by Crippen LogP contribution is -2.13. The summed E-state index contributed by atoms with van der Waals surface area (Å²) >= 11 is 0. The lowest BCUT2D eigenvalue weighted by atomic mass is 10.2. The van der Waals surface area contributed by atoms with Gasteiger partial charge in [0.2, 0.25) is 0 Å².